The summed E-state index contributed by atoms with van der Waals surface area (Å²) < 4.78 is 70.1. The standard InChI is InChI=1S/C6H14O3.C3HF5O2/c1-7-3-5-9-6-4-8-2;4-2(5,1(9)10)3(6,7)8/h3-6H2,1-2H3;(H,9,10). The predicted octanol–water partition coefficient (Wildman–Crippen LogP) is 1.56. The van der Waals surface area contributed by atoms with Gasteiger partial charge in [-0.1, -0.05) is 0 Å². The Balaban J connectivity index is 0. The van der Waals surface area contributed by atoms with Crippen molar-refractivity contribution in [1.82, 2.24) is 0 Å². The Labute approximate surface area is 106 Å². The lowest BCUT2D eigenvalue weighted by molar-refractivity contribution is -0.277. The van der Waals surface area contributed by atoms with Crippen LogP contribution >= 0.6 is 0 Å². The monoisotopic (exact) mass is 298 g/mol. The van der Waals surface area contributed by atoms with Gasteiger partial charge in [-0.15, -0.1) is 0 Å². The average molecular weight is 298 g/mol. The summed E-state index contributed by atoms with van der Waals surface area (Å²) in [6, 6.07) is 0. The molecule has 0 atom stereocenters. The molecule has 0 rings (SSSR count). The molecule has 0 aromatic carbocycles. The number of carboxylic acid groups (broad SMARTS) is 1. The number of aliphatic carboxylic acids is 1. The number of hydrogen-bond acceptors (Lipinski definition) is 4. The van der Waals surface area contributed by atoms with Gasteiger partial charge in [-0.2, -0.15) is 22.0 Å². The molecule has 0 amide bonds. The summed E-state index contributed by atoms with van der Waals surface area (Å²) in [7, 11) is 3.30. The van der Waals surface area contributed by atoms with E-state index in [-0.39, 0.29) is 0 Å². The molecule has 0 unspecified atom stereocenters. The van der Waals surface area contributed by atoms with E-state index >= 15 is 0 Å². The topological polar surface area (TPSA) is 65.0 Å². The summed E-state index contributed by atoms with van der Waals surface area (Å²) in [4.78, 5) is 9.20. The van der Waals surface area contributed by atoms with Gasteiger partial charge < -0.3 is 19.3 Å². The van der Waals surface area contributed by atoms with Gasteiger partial charge in [0.15, 0.2) is 0 Å². The quantitative estimate of drug-likeness (QED) is 0.571. The maximum Gasteiger partial charge on any atom is 0.465 e. The minimum atomic E-state index is -6.02. The minimum absolute atomic E-state index is 0.653. The largest absolute Gasteiger partial charge is 0.477 e. The molecule has 0 radical (unpaired) electrons. The van der Waals surface area contributed by atoms with Gasteiger partial charge >= 0.3 is 18.1 Å². The molecule has 19 heavy (non-hydrogen) atoms. The van der Waals surface area contributed by atoms with Crippen LogP contribution in [0.15, 0.2) is 0 Å². The van der Waals surface area contributed by atoms with Crippen LogP contribution in [0.25, 0.3) is 0 Å². The van der Waals surface area contributed by atoms with Gasteiger partial charge in [-0.05, 0) is 0 Å². The van der Waals surface area contributed by atoms with E-state index < -0.39 is 18.1 Å². The second-order valence-electron chi connectivity index (χ2n) is 2.98. The number of carboxylic acids is 1. The van der Waals surface area contributed by atoms with Crippen LogP contribution in [0, 0.1) is 0 Å². The van der Waals surface area contributed by atoms with Crippen molar-refractivity contribution in [3.8, 4) is 0 Å². The molecule has 1 N–H and O–H groups in total. The molecule has 0 spiro atoms. The van der Waals surface area contributed by atoms with E-state index in [1.807, 2.05) is 0 Å². The summed E-state index contributed by atoms with van der Waals surface area (Å²) >= 11 is 0. The number of hydrogen-bond donors (Lipinski definition) is 1. The van der Waals surface area contributed by atoms with Crippen molar-refractivity contribution in [2.24, 2.45) is 0 Å². The van der Waals surface area contributed by atoms with E-state index in [2.05, 4.69) is 0 Å². The van der Waals surface area contributed by atoms with Crippen LogP contribution in [0.2, 0.25) is 0 Å². The highest BCUT2D eigenvalue weighted by molar-refractivity contribution is 5.76. The number of halogens is 5. The van der Waals surface area contributed by atoms with Crippen molar-refractivity contribution in [2.45, 2.75) is 12.1 Å². The van der Waals surface area contributed by atoms with Crippen molar-refractivity contribution in [3.05, 3.63) is 0 Å². The maximum atomic E-state index is 11.3. The van der Waals surface area contributed by atoms with Gasteiger partial charge in [-0.3, -0.25) is 0 Å². The molecule has 0 aliphatic carbocycles. The normalized spacial score (nSPS) is 11.7. The maximum absolute atomic E-state index is 11.3. The van der Waals surface area contributed by atoms with E-state index in [1.54, 1.807) is 14.2 Å². The molecular weight excluding hydrogens is 283 g/mol. The first-order valence-electron chi connectivity index (χ1n) is 4.84. The summed E-state index contributed by atoms with van der Waals surface area (Å²) in [6.45, 7) is 2.62. The molecule has 0 aromatic heterocycles. The number of rotatable bonds is 7. The third-order valence-corrected chi connectivity index (χ3v) is 1.49. The van der Waals surface area contributed by atoms with Crippen molar-refractivity contribution >= 4 is 5.97 Å². The molecular formula is C9H15F5O5. The van der Waals surface area contributed by atoms with Crippen LogP contribution in [-0.2, 0) is 19.0 Å². The number of alkyl halides is 5. The molecule has 0 saturated carbocycles. The molecule has 10 heteroatoms. The fraction of sp³-hybridized carbons (Fsp3) is 0.889. The zero-order chi connectivity index (χ0) is 15.5. The Bertz CT molecular complexity index is 238. The molecule has 0 heterocycles. The van der Waals surface area contributed by atoms with Gasteiger partial charge in [0, 0.05) is 14.2 Å². The highest BCUT2D eigenvalue weighted by atomic mass is 19.4. The van der Waals surface area contributed by atoms with Crippen LogP contribution in [-0.4, -0.2) is 63.8 Å². The van der Waals surface area contributed by atoms with Crippen molar-refractivity contribution in [2.75, 3.05) is 40.6 Å². The van der Waals surface area contributed by atoms with E-state index in [0.29, 0.717) is 26.4 Å². The van der Waals surface area contributed by atoms with E-state index in [9.17, 15) is 26.7 Å². The summed E-state index contributed by atoms with van der Waals surface area (Å²) in [5.41, 5.74) is 0. The van der Waals surface area contributed by atoms with Crippen LogP contribution < -0.4 is 0 Å². The van der Waals surface area contributed by atoms with Crippen molar-refractivity contribution in [3.63, 3.8) is 0 Å². The van der Waals surface area contributed by atoms with Gasteiger partial charge in [-0.25, -0.2) is 4.79 Å². The van der Waals surface area contributed by atoms with Crippen LogP contribution in [0.1, 0.15) is 0 Å². The molecule has 0 fully saturated rings. The third-order valence-electron chi connectivity index (χ3n) is 1.49. The van der Waals surface area contributed by atoms with Crippen molar-refractivity contribution < 1.29 is 46.1 Å². The third kappa shape index (κ3) is 9.56. The SMILES string of the molecule is COCCOCCOC.O=C(O)C(F)(F)C(F)(F)F. The molecule has 0 saturated heterocycles. The van der Waals surface area contributed by atoms with Gasteiger partial charge in [0.2, 0.25) is 0 Å². The first kappa shape index (κ1) is 20.3. The second kappa shape index (κ2) is 9.87. The fourth-order valence-corrected chi connectivity index (χ4v) is 0.508. The number of carbonyl (C=O) groups is 1. The summed E-state index contributed by atoms with van der Waals surface area (Å²) in [5.74, 6) is -8.84. The minimum Gasteiger partial charge on any atom is -0.477 e. The Morgan fingerprint density at radius 2 is 1.32 bits per heavy atom. The molecule has 0 bridgehead atoms. The highest BCUT2D eigenvalue weighted by Crippen LogP contribution is 2.35. The Kier molecular flexibility index (Phi) is 10.6. The predicted molar refractivity (Wildman–Crippen MR) is 53.2 cm³/mol. The zero-order valence-electron chi connectivity index (χ0n) is 10.3. The smallest absolute Gasteiger partial charge is 0.465 e. The molecule has 0 aromatic rings. The van der Waals surface area contributed by atoms with Gasteiger partial charge in [0.05, 0.1) is 26.4 Å². The Morgan fingerprint density at radius 1 is 0.947 bits per heavy atom. The number of methoxy groups -OCH3 is 2. The average Bonchev–Trinajstić information content (AvgIpc) is 2.28. The van der Waals surface area contributed by atoms with Crippen LogP contribution in [0.4, 0.5) is 22.0 Å². The lowest BCUT2D eigenvalue weighted by Gasteiger charge is -2.13. The van der Waals surface area contributed by atoms with E-state index in [0.717, 1.165) is 0 Å². The fourth-order valence-electron chi connectivity index (χ4n) is 0.508. The second-order valence-corrected chi connectivity index (χ2v) is 2.98. The van der Waals surface area contributed by atoms with E-state index in [1.165, 1.54) is 0 Å². The zero-order valence-corrected chi connectivity index (χ0v) is 10.3. The molecule has 0 aliphatic rings. The lowest BCUT2D eigenvalue weighted by Crippen LogP contribution is -2.43. The lowest BCUT2D eigenvalue weighted by atomic mass is 10.3. The first-order chi connectivity index (χ1) is 8.61. The molecule has 5 nitrogen and oxygen atoms in total. The van der Waals surface area contributed by atoms with Gasteiger partial charge in [0.25, 0.3) is 0 Å². The Hall–Kier alpha value is -1.00. The van der Waals surface area contributed by atoms with Crippen LogP contribution in [0.5, 0.6) is 0 Å². The number of ether oxygens (including phenoxy) is 3. The van der Waals surface area contributed by atoms with Gasteiger partial charge in [0.1, 0.15) is 0 Å². The molecule has 0 aliphatic heterocycles. The summed E-state index contributed by atoms with van der Waals surface area (Å²) in [5, 5.41) is 7.31. The van der Waals surface area contributed by atoms with Crippen LogP contribution in [0.3, 0.4) is 0 Å². The van der Waals surface area contributed by atoms with Crippen molar-refractivity contribution in [1.29, 1.82) is 0 Å². The highest BCUT2D eigenvalue weighted by Gasteiger charge is 2.64. The summed E-state index contributed by atoms with van der Waals surface area (Å²) in [6.07, 6.45) is -6.02. The molecule has 116 valence electrons. The Morgan fingerprint density at radius 3 is 1.47 bits per heavy atom. The van der Waals surface area contributed by atoms with E-state index in [4.69, 9.17) is 19.3 Å². The first-order valence-corrected chi connectivity index (χ1v) is 4.84.